The maximum atomic E-state index is 9.77. The first kappa shape index (κ1) is 17.7. The number of nitrogens with two attached hydrogens (primary N) is 1. The van der Waals surface area contributed by atoms with E-state index in [-0.39, 0.29) is 11.8 Å². The van der Waals surface area contributed by atoms with Crippen molar-refractivity contribution in [2.45, 2.75) is 19.8 Å². The van der Waals surface area contributed by atoms with Crippen LogP contribution < -0.4 is 15.2 Å². The number of allylic oxidation sites excluding steroid dienone is 1. The number of hydrogen-bond donors (Lipinski definition) is 2. The van der Waals surface area contributed by atoms with E-state index in [4.69, 9.17) is 15.2 Å². The summed E-state index contributed by atoms with van der Waals surface area (Å²) in [5.74, 6) is 0.876. The average molecular weight is 372 g/mol. The van der Waals surface area contributed by atoms with E-state index in [0.717, 1.165) is 28.1 Å². The van der Waals surface area contributed by atoms with Gasteiger partial charge in [0.25, 0.3) is 0 Å². The van der Waals surface area contributed by atoms with Crippen LogP contribution in [-0.2, 0) is 0 Å². The van der Waals surface area contributed by atoms with E-state index in [0.29, 0.717) is 18.1 Å². The van der Waals surface area contributed by atoms with Crippen molar-refractivity contribution in [1.29, 1.82) is 5.26 Å². The molecule has 1 aliphatic rings. The molecular weight excluding hydrogens is 352 g/mol. The molecular formula is C22H20N4O2. The fourth-order valence-electron chi connectivity index (χ4n) is 3.44. The van der Waals surface area contributed by atoms with Gasteiger partial charge in [-0.05, 0) is 31.5 Å². The maximum Gasteiger partial charge on any atom is 0.244 e. The van der Waals surface area contributed by atoms with Crippen LogP contribution in [-0.4, -0.2) is 16.8 Å². The molecule has 0 saturated carbocycles. The van der Waals surface area contributed by atoms with Crippen molar-refractivity contribution in [3.63, 3.8) is 0 Å². The Morgan fingerprint density at radius 1 is 1.18 bits per heavy atom. The van der Waals surface area contributed by atoms with Gasteiger partial charge in [0, 0.05) is 5.56 Å². The number of aromatic amines is 1. The lowest BCUT2D eigenvalue weighted by Gasteiger charge is -2.24. The topological polar surface area (TPSA) is 96.9 Å². The molecule has 4 rings (SSSR count). The third kappa shape index (κ3) is 2.97. The molecule has 0 aliphatic carbocycles. The molecule has 0 saturated heterocycles. The molecule has 6 nitrogen and oxygen atoms in total. The molecule has 140 valence electrons. The van der Waals surface area contributed by atoms with Crippen molar-refractivity contribution in [2.24, 2.45) is 5.73 Å². The Bertz CT molecular complexity index is 1070. The number of benzene rings is 2. The highest BCUT2D eigenvalue weighted by Gasteiger charge is 2.35. The molecule has 3 aromatic rings. The second kappa shape index (κ2) is 7.12. The lowest BCUT2D eigenvalue weighted by molar-refractivity contribution is 0.340. The molecule has 2 heterocycles. The van der Waals surface area contributed by atoms with E-state index in [2.05, 4.69) is 16.3 Å². The third-order valence-corrected chi connectivity index (χ3v) is 4.80. The van der Waals surface area contributed by atoms with Crippen LogP contribution in [0.15, 0.2) is 60.0 Å². The van der Waals surface area contributed by atoms with Crippen molar-refractivity contribution in [3.8, 4) is 29.0 Å². The van der Waals surface area contributed by atoms with Gasteiger partial charge in [-0.3, -0.25) is 5.10 Å². The van der Waals surface area contributed by atoms with Crippen LogP contribution in [0.3, 0.4) is 0 Å². The van der Waals surface area contributed by atoms with Crippen molar-refractivity contribution in [2.75, 3.05) is 6.61 Å². The van der Waals surface area contributed by atoms with Crippen LogP contribution in [0.25, 0.3) is 11.3 Å². The number of rotatable bonds is 4. The summed E-state index contributed by atoms with van der Waals surface area (Å²) >= 11 is 0. The number of nitrogens with zero attached hydrogens (tertiary/aromatic N) is 2. The van der Waals surface area contributed by atoms with E-state index >= 15 is 0 Å². The smallest absolute Gasteiger partial charge is 0.244 e. The number of fused-ring (bicyclic) bond motifs is 1. The largest absolute Gasteiger partial charge is 0.494 e. The van der Waals surface area contributed by atoms with Gasteiger partial charge >= 0.3 is 0 Å². The van der Waals surface area contributed by atoms with Gasteiger partial charge in [0.1, 0.15) is 17.4 Å². The van der Waals surface area contributed by atoms with E-state index in [1.165, 1.54) is 5.56 Å². The molecule has 0 spiro atoms. The fourth-order valence-corrected chi connectivity index (χ4v) is 3.44. The standard InChI is InChI=1S/C22H20N4O2/c1-3-27-16-10-8-14(9-11-16)18-17(12-23)21(24)28-22-19(18)20(25-26-22)15-6-4-13(2)5-7-15/h4-11,18H,3,24H2,1-2H3,(H,25,26). The predicted octanol–water partition coefficient (Wildman–Crippen LogP) is 4.00. The summed E-state index contributed by atoms with van der Waals surface area (Å²) in [6.45, 7) is 4.57. The Kier molecular flexibility index (Phi) is 4.50. The molecule has 1 atom stereocenters. The third-order valence-electron chi connectivity index (χ3n) is 4.80. The van der Waals surface area contributed by atoms with E-state index < -0.39 is 0 Å². The number of nitriles is 1. The Morgan fingerprint density at radius 3 is 2.54 bits per heavy atom. The summed E-state index contributed by atoms with van der Waals surface area (Å²) in [5.41, 5.74) is 11.1. The molecule has 0 fully saturated rings. The van der Waals surface area contributed by atoms with Gasteiger partial charge in [0.15, 0.2) is 0 Å². The monoisotopic (exact) mass is 372 g/mol. The average Bonchev–Trinajstić information content (AvgIpc) is 3.12. The van der Waals surface area contributed by atoms with Gasteiger partial charge in [-0.2, -0.15) is 5.26 Å². The predicted molar refractivity (Wildman–Crippen MR) is 106 cm³/mol. The SMILES string of the molecule is CCOc1ccc(C2C(C#N)=C(N)Oc3n[nH]c(-c4ccc(C)cc4)c32)cc1. The minimum absolute atomic E-state index is 0.0795. The molecule has 1 aliphatic heterocycles. The van der Waals surface area contributed by atoms with E-state index in [1.54, 1.807) is 0 Å². The van der Waals surface area contributed by atoms with Gasteiger partial charge in [-0.15, -0.1) is 5.10 Å². The molecule has 6 heteroatoms. The second-order valence-corrected chi connectivity index (χ2v) is 6.61. The number of aryl methyl sites for hydroxylation is 1. The molecule has 3 N–H and O–H groups in total. The van der Waals surface area contributed by atoms with Crippen molar-refractivity contribution in [1.82, 2.24) is 10.2 Å². The Morgan fingerprint density at radius 2 is 1.89 bits per heavy atom. The van der Waals surface area contributed by atoms with Gasteiger partial charge in [0.05, 0.1) is 23.8 Å². The Hall–Kier alpha value is -3.72. The molecule has 1 unspecified atom stereocenters. The summed E-state index contributed by atoms with van der Waals surface area (Å²) in [6, 6.07) is 18.0. The van der Waals surface area contributed by atoms with Crippen LogP contribution in [0, 0.1) is 18.3 Å². The zero-order valence-electron chi connectivity index (χ0n) is 15.7. The lowest BCUT2D eigenvalue weighted by atomic mass is 9.83. The summed E-state index contributed by atoms with van der Waals surface area (Å²) in [5, 5.41) is 17.1. The number of nitrogens with one attached hydrogen (secondary N) is 1. The van der Waals surface area contributed by atoms with Crippen LogP contribution in [0.1, 0.15) is 29.5 Å². The number of ether oxygens (including phenoxy) is 2. The van der Waals surface area contributed by atoms with Gasteiger partial charge < -0.3 is 15.2 Å². The summed E-state index contributed by atoms with van der Waals surface area (Å²) in [7, 11) is 0. The number of hydrogen-bond acceptors (Lipinski definition) is 5. The highest BCUT2D eigenvalue weighted by Crippen LogP contribution is 2.45. The van der Waals surface area contributed by atoms with Crippen LogP contribution in [0.5, 0.6) is 11.6 Å². The van der Waals surface area contributed by atoms with Crippen LogP contribution in [0.4, 0.5) is 0 Å². The molecule has 0 radical (unpaired) electrons. The lowest BCUT2D eigenvalue weighted by Crippen LogP contribution is -2.21. The first-order chi connectivity index (χ1) is 13.6. The van der Waals surface area contributed by atoms with Crippen molar-refractivity contribution in [3.05, 3.63) is 76.7 Å². The van der Waals surface area contributed by atoms with Crippen LogP contribution in [0.2, 0.25) is 0 Å². The van der Waals surface area contributed by atoms with Gasteiger partial charge in [-0.25, -0.2) is 0 Å². The molecule has 0 amide bonds. The zero-order chi connectivity index (χ0) is 19.7. The van der Waals surface area contributed by atoms with Crippen LogP contribution >= 0.6 is 0 Å². The molecule has 0 bridgehead atoms. The number of aromatic nitrogens is 2. The highest BCUT2D eigenvalue weighted by molar-refractivity contribution is 5.71. The molecule has 2 aromatic carbocycles. The Labute approximate surface area is 163 Å². The summed E-state index contributed by atoms with van der Waals surface area (Å²) in [6.07, 6.45) is 0. The molecule has 28 heavy (non-hydrogen) atoms. The van der Waals surface area contributed by atoms with Gasteiger partial charge in [-0.1, -0.05) is 42.0 Å². The van der Waals surface area contributed by atoms with Gasteiger partial charge in [0.2, 0.25) is 11.8 Å². The minimum Gasteiger partial charge on any atom is -0.494 e. The summed E-state index contributed by atoms with van der Waals surface area (Å²) in [4.78, 5) is 0. The van der Waals surface area contributed by atoms with E-state index in [1.807, 2.05) is 62.4 Å². The quantitative estimate of drug-likeness (QED) is 0.721. The number of H-pyrrole nitrogens is 1. The second-order valence-electron chi connectivity index (χ2n) is 6.61. The maximum absolute atomic E-state index is 9.77. The molecule has 1 aromatic heterocycles. The summed E-state index contributed by atoms with van der Waals surface area (Å²) < 4.78 is 11.2. The highest BCUT2D eigenvalue weighted by atomic mass is 16.5. The first-order valence-corrected chi connectivity index (χ1v) is 9.08. The minimum atomic E-state index is -0.375. The fraction of sp³-hybridized carbons (Fsp3) is 0.182. The zero-order valence-corrected chi connectivity index (χ0v) is 15.7. The van der Waals surface area contributed by atoms with Crippen molar-refractivity contribution < 1.29 is 9.47 Å². The first-order valence-electron chi connectivity index (χ1n) is 9.08. The van der Waals surface area contributed by atoms with E-state index in [9.17, 15) is 5.26 Å². The Balaban J connectivity index is 1.86. The van der Waals surface area contributed by atoms with Crippen molar-refractivity contribution >= 4 is 0 Å². The normalized spacial score (nSPS) is 15.5.